The Balaban J connectivity index is 1.42. The molecule has 6 heteroatoms. The van der Waals surface area contributed by atoms with E-state index in [9.17, 15) is 0 Å². The van der Waals surface area contributed by atoms with Gasteiger partial charge in [-0.1, -0.05) is 42.0 Å². The number of pyridine rings is 2. The Kier molecular flexibility index (Phi) is 6.82. The van der Waals surface area contributed by atoms with Crippen LogP contribution in [0.25, 0.3) is 38.6 Å². The molecule has 0 saturated carbocycles. The molecule has 3 aromatic carbocycles. The number of nitrogens with one attached hydrogen (secondary N) is 1. The van der Waals surface area contributed by atoms with Crippen molar-refractivity contribution >= 4 is 33.1 Å². The van der Waals surface area contributed by atoms with Gasteiger partial charge in [0.05, 0.1) is 25.6 Å². The van der Waals surface area contributed by atoms with Crippen molar-refractivity contribution in [3.63, 3.8) is 0 Å². The van der Waals surface area contributed by atoms with Crippen molar-refractivity contribution in [2.24, 2.45) is 4.99 Å². The molecule has 0 atom stereocenters. The lowest BCUT2D eigenvalue weighted by atomic mass is 9.91. The van der Waals surface area contributed by atoms with Crippen LogP contribution in [0.2, 0.25) is 0 Å². The lowest BCUT2D eigenvalue weighted by molar-refractivity contribution is 0.418. The Morgan fingerprint density at radius 3 is 1.93 bits per heavy atom. The topological polar surface area (TPSA) is 72.4 Å². The normalized spacial score (nSPS) is 13.9. The number of hydrogen-bond donors (Lipinski definition) is 1. The zero-order valence-corrected chi connectivity index (χ0v) is 25.4. The van der Waals surface area contributed by atoms with Crippen LogP contribution in [0.4, 0.5) is 0 Å². The number of benzene rings is 3. The van der Waals surface area contributed by atoms with Gasteiger partial charge in [0, 0.05) is 51.3 Å². The van der Waals surface area contributed by atoms with E-state index in [1.807, 2.05) is 24.3 Å². The molecule has 3 aromatic heterocycles. The number of H-pyrrole nitrogens is 1. The average Bonchev–Trinajstić information content (AvgIpc) is 3.72. The molecule has 1 aliphatic rings. The summed E-state index contributed by atoms with van der Waals surface area (Å²) < 4.78 is 11.8. The number of aromatic nitrogens is 3. The van der Waals surface area contributed by atoms with Crippen LogP contribution in [0.15, 0.2) is 108 Å². The minimum absolute atomic E-state index is 0.719. The standard InChI is InChI=1S/C38H32N4O2/c1-22-20-23(2)33(24(3)21-22)34(31-16-14-29(41-31)27-12-10-25-8-6-18-39-35(25)37(27)43-4)32-17-15-30(42-32)28-13-11-26-9-7-19-40-36(26)38(28)44-5/h6-21,41H,1-5H3/b34-32+. The Labute approximate surface area is 256 Å². The SMILES string of the molecule is COc1c(C2=N/C(=C(\c3ccc(-c4ccc5cccnc5c4OC)[nH]3)c3c(C)cc(C)cc3C)C=C2)ccc2cccnc12. The highest BCUT2D eigenvalue weighted by Crippen LogP contribution is 2.40. The van der Waals surface area contributed by atoms with Crippen molar-refractivity contribution in [1.82, 2.24) is 15.0 Å². The van der Waals surface area contributed by atoms with Crippen molar-refractivity contribution < 1.29 is 9.47 Å². The number of aromatic amines is 1. The van der Waals surface area contributed by atoms with Gasteiger partial charge >= 0.3 is 0 Å². The molecule has 6 aromatic rings. The van der Waals surface area contributed by atoms with E-state index >= 15 is 0 Å². The molecule has 0 spiro atoms. The van der Waals surface area contributed by atoms with Gasteiger partial charge < -0.3 is 14.5 Å². The fourth-order valence-corrected chi connectivity index (χ4v) is 6.39. The maximum Gasteiger partial charge on any atom is 0.154 e. The predicted octanol–water partition coefficient (Wildman–Crippen LogP) is 8.54. The van der Waals surface area contributed by atoms with Crippen LogP contribution in [0, 0.1) is 20.8 Å². The van der Waals surface area contributed by atoms with Crippen LogP contribution >= 0.6 is 0 Å². The number of fused-ring (bicyclic) bond motifs is 2. The molecule has 0 amide bonds. The number of nitrogens with zero attached hydrogens (tertiary/aromatic N) is 3. The van der Waals surface area contributed by atoms with Gasteiger partial charge in [-0.05, 0) is 86.0 Å². The molecule has 1 aliphatic heterocycles. The van der Waals surface area contributed by atoms with Gasteiger partial charge in [0.2, 0.25) is 0 Å². The van der Waals surface area contributed by atoms with Crippen molar-refractivity contribution in [1.29, 1.82) is 0 Å². The molecule has 1 N–H and O–H groups in total. The predicted molar refractivity (Wildman–Crippen MR) is 179 cm³/mol. The largest absolute Gasteiger partial charge is 0.494 e. The highest BCUT2D eigenvalue weighted by molar-refractivity contribution is 6.16. The summed E-state index contributed by atoms with van der Waals surface area (Å²) in [6, 6.07) is 24.9. The van der Waals surface area contributed by atoms with Gasteiger partial charge in [-0.2, -0.15) is 0 Å². The minimum atomic E-state index is 0.719. The monoisotopic (exact) mass is 576 g/mol. The maximum absolute atomic E-state index is 5.89. The molecule has 0 saturated heterocycles. The van der Waals surface area contributed by atoms with E-state index in [4.69, 9.17) is 14.5 Å². The van der Waals surface area contributed by atoms with E-state index in [1.165, 1.54) is 16.7 Å². The Hall–Kier alpha value is -5.49. The molecule has 0 aliphatic carbocycles. The highest BCUT2D eigenvalue weighted by Gasteiger charge is 2.23. The second-order valence-corrected chi connectivity index (χ2v) is 11.1. The molecule has 6 nitrogen and oxygen atoms in total. The third-order valence-corrected chi connectivity index (χ3v) is 8.21. The number of methoxy groups -OCH3 is 2. The van der Waals surface area contributed by atoms with Crippen LogP contribution in [-0.2, 0) is 0 Å². The molecule has 0 fully saturated rings. The molecule has 0 unspecified atom stereocenters. The van der Waals surface area contributed by atoms with Crippen molar-refractivity contribution in [2.75, 3.05) is 14.2 Å². The molecule has 7 rings (SSSR count). The first-order valence-electron chi connectivity index (χ1n) is 14.6. The van der Waals surface area contributed by atoms with E-state index in [-0.39, 0.29) is 0 Å². The smallest absolute Gasteiger partial charge is 0.154 e. The van der Waals surface area contributed by atoms with Crippen LogP contribution in [0.3, 0.4) is 0 Å². The van der Waals surface area contributed by atoms with Crippen molar-refractivity contribution in [2.45, 2.75) is 20.8 Å². The lowest BCUT2D eigenvalue weighted by Crippen LogP contribution is -2.01. The number of ether oxygens (including phenoxy) is 2. The number of allylic oxidation sites excluding steroid dienone is 2. The molecule has 44 heavy (non-hydrogen) atoms. The summed E-state index contributed by atoms with van der Waals surface area (Å²) in [5.74, 6) is 1.46. The second-order valence-electron chi connectivity index (χ2n) is 11.1. The first-order chi connectivity index (χ1) is 21.5. The van der Waals surface area contributed by atoms with Gasteiger partial charge in [0.1, 0.15) is 11.0 Å². The number of aliphatic imine (C=N–C) groups is 1. The molecule has 0 bridgehead atoms. The van der Waals surface area contributed by atoms with Gasteiger partial charge in [-0.15, -0.1) is 0 Å². The van der Waals surface area contributed by atoms with Crippen molar-refractivity contribution in [3.05, 3.63) is 137 Å². The van der Waals surface area contributed by atoms with Gasteiger partial charge in [0.15, 0.2) is 11.5 Å². The number of aryl methyl sites for hydroxylation is 3. The van der Waals surface area contributed by atoms with Gasteiger partial charge in [0.25, 0.3) is 0 Å². The second kappa shape index (κ2) is 11.0. The van der Waals surface area contributed by atoms with E-state index in [0.29, 0.717) is 0 Å². The molecule has 4 heterocycles. The summed E-state index contributed by atoms with van der Waals surface area (Å²) in [7, 11) is 3.38. The van der Waals surface area contributed by atoms with E-state index < -0.39 is 0 Å². The Bertz CT molecular complexity index is 2160. The zero-order valence-electron chi connectivity index (χ0n) is 25.4. The summed E-state index contributed by atoms with van der Waals surface area (Å²) in [5, 5.41) is 2.06. The summed E-state index contributed by atoms with van der Waals surface area (Å²) in [6.45, 7) is 6.47. The van der Waals surface area contributed by atoms with Crippen LogP contribution in [0.1, 0.15) is 33.5 Å². The fraction of sp³-hybridized carbons (Fsp3) is 0.132. The Morgan fingerprint density at radius 1 is 0.682 bits per heavy atom. The first-order valence-corrected chi connectivity index (χ1v) is 14.6. The first kappa shape index (κ1) is 27.3. The summed E-state index contributed by atoms with van der Waals surface area (Å²) >= 11 is 0. The third-order valence-electron chi connectivity index (χ3n) is 8.21. The van der Waals surface area contributed by atoms with Crippen LogP contribution in [-0.4, -0.2) is 34.9 Å². The van der Waals surface area contributed by atoms with Crippen molar-refractivity contribution in [3.8, 4) is 22.8 Å². The highest BCUT2D eigenvalue weighted by atomic mass is 16.5. The number of rotatable bonds is 6. The van der Waals surface area contributed by atoms with E-state index in [0.717, 1.165) is 78.4 Å². The van der Waals surface area contributed by atoms with Crippen LogP contribution in [0.5, 0.6) is 11.5 Å². The Morgan fingerprint density at radius 2 is 1.30 bits per heavy atom. The van der Waals surface area contributed by atoms with E-state index in [2.05, 4.69) is 96.4 Å². The minimum Gasteiger partial charge on any atom is -0.494 e. The zero-order chi connectivity index (χ0) is 30.4. The molecule has 0 radical (unpaired) electrons. The van der Waals surface area contributed by atoms with Crippen LogP contribution < -0.4 is 9.47 Å². The average molecular weight is 577 g/mol. The quantitative estimate of drug-likeness (QED) is 0.216. The molecule has 216 valence electrons. The summed E-state index contributed by atoms with van der Waals surface area (Å²) in [4.78, 5) is 18.1. The van der Waals surface area contributed by atoms with E-state index in [1.54, 1.807) is 26.6 Å². The molecular formula is C38H32N4O2. The number of hydrogen-bond acceptors (Lipinski definition) is 5. The lowest BCUT2D eigenvalue weighted by Gasteiger charge is -2.16. The summed E-state index contributed by atoms with van der Waals surface area (Å²) in [5.41, 5.74) is 12.9. The molecular weight excluding hydrogens is 544 g/mol. The van der Waals surface area contributed by atoms with Gasteiger partial charge in [-0.25, -0.2) is 4.99 Å². The maximum atomic E-state index is 5.89. The van der Waals surface area contributed by atoms with Gasteiger partial charge in [-0.3, -0.25) is 9.97 Å². The fourth-order valence-electron chi connectivity index (χ4n) is 6.39. The summed E-state index contributed by atoms with van der Waals surface area (Å²) in [6.07, 6.45) is 7.73. The third kappa shape index (κ3) is 4.56.